The topological polar surface area (TPSA) is 63.0 Å². The Hall–Kier alpha value is -2.99. The first-order chi connectivity index (χ1) is 14.2. The molecule has 0 fully saturated rings. The molecule has 1 N–H and O–H groups in total. The van der Waals surface area contributed by atoms with Crippen LogP contribution in [-0.4, -0.2) is 27.0 Å². The van der Waals surface area contributed by atoms with Crippen molar-refractivity contribution in [3.8, 4) is 16.4 Å². The third-order valence-corrected chi connectivity index (χ3v) is 5.92. The van der Waals surface area contributed by atoms with Crippen molar-refractivity contribution in [2.45, 2.75) is 33.1 Å². The maximum Gasteiger partial charge on any atom is 0.283 e. The average molecular weight is 405 g/mol. The van der Waals surface area contributed by atoms with Crippen molar-refractivity contribution in [3.05, 3.63) is 70.5 Å². The number of H-pyrrole nitrogens is 1. The second kappa shape index (κ2) is 8.57. The molecular formula is C23H24N4OS. The van der Waals surface area contributed by atoms with Crippen LogP contribution in [0.3, 0.4) is 0 Å². The van der Waals surface area contributed by atoms with Gasteiger partial charge in [0.1, 0.15) is 0 Å². The summed E-state index contributed by atoms with van der Waals surface area (Å²) in [5.41, 5.74) is 3.91. The monoisotopic (exact) mass is 404 g/mol. The van der Waals surface area contributed by atoms with E-state index in [2.05, 4.69) is 17.0 Å². The summed E-state index contributed by atoms with van der Waals surface area (Å²) >= 11 is 1.50. The fourth-order valence-corrected chi connectivity index (χ4v) is 4.29. The van der Waals surface area contributed by atoms with E-state index in [1.54, 1.807) is 4.68 Å². The van der Waals surface area contributed by atoms with E-state index in [-0.39, 0.29) is 5.56 Å². The molecule has 0 saturated carbocycles. The molecular weight excluding hydrogens is 380 g/mol. The van der Waals surface area contributed by atoms with Crippen molar-refractivity contribution < 1.29 is 0 Å². The zero-order valence-corrected chi connectivity index (χ0v) is 17.5. The zero-order valence-electron chi connectivity index (χ0n) is 16.7. The van der Waals surface area contributed by atoms with Gasteiger partial charge in [0.05, 0.1) is 21.5 Å². The molecule has 0 radical (unpaired) electrons. The van der Waals surface area contributed by atoms with Crippen LogP contribution in [0.25, 0.3) is 26.6 Å². The van der Waals surface area contributed by atoms with Gasteiger partial charge in [0.15, 0.2) is 0 Å². The first kappa shape index (κ1) is 19.3. The Kier molecular flexibility index (Phi) is 5.71. The molecule has 4 aromatic rings. The molecule has 2 heterocycles. The lowest BCUT2D eigenvalue weighted by Gasteiger charge is -2.03. The summed E-state index contributed by atoms with van der Waals surface area (Å²) in [4.78, 5) is 22.7. The van der Waals surface area contributed by atoms with Crippen molar-refractivity contribution in [1.82, 2.24) is 14.8 Å². The van der Waals surface area contributed by atoms with E-state index in [0.717, 1.165) is 53.0 Å². The fourth-order valence-electron chi connectivity index (χ4n) is 3.36. The van der Waals surface area contributed by atoms with E-state index in [0.29, 0.717) is 10.7 Å². The fraction of sp³-hybridized carbons (Fsp3) is 0.261. The number of aromatic nitrogens is 3. The molecule has 0 spiro atoms. The molecule has 0 amide bonds. The lowest BCUT2D eigenvalue weighted by Crippen LogP contribution is -2.19. The number of nitrogens with one attached hydrogen (secondary N) is 1. The summed E-state index contributed by atoms with van der Waals surface area (Å²) in [5, 5.41) is 3.93. The van der Waals surface area contributed by atoms with Crippen LogP contribution in [0.1, 0.15) is 38.7 Å². The Morgan fingerprint density at radius 1 is 1.10 bits per heavy atom. The van der Waals surface area contributed by atoms with Gasteiger partial charge in [-0.25, -0.2) is 4.98 Å². The minimum absolute atomic E-state index is 0.111. The molecule has 2 aromatic heterocycles. The Morgan fingerprint density at radius 3 is 2.62 bits per heavy atom. The number of unbranched alkanes of at least 4 members (excludes halogenated alkanes) is 2. The van der Waals surface area contributed by atoms with Gasteiger partial charge in [-0.05, 0) is 25.5 Å². The molecule has 148 valence electrons. The molecule has 0 bridgehead atoms. The number of hydrogen-bond acceptors (Lipinski definition) is 4. The molecule has 4 rings (SSSR count). The van der Waals surface area contributed by atoms with Crippen molar-refractivity contribution in [1.29, 1.82) is 0 Å². The summed E-state index contributed by atoms with van der Waals surface area (Å²) in [7, 11) is 0. The molecule has 29 heavy (non-hydrogen) atoms. The number of thiazole rings is 1. The molecule has 0 saturated heterocycles. The largest absolute Gasteiger partial charge is 0.289 e. The quantitative estimate of drug-likeness (QED) is 0.329. The summed E-state index contributed by atoms with van der Waals surface area (Å²) in [6.45, 7) is 4.83. The molecule has 2 aromatic carbocycles. The van der Waals surface area contributed by atoms with Gasteiger partial charge in [-0.3, -0.25) is 14.9 Å². The Balaban J connectivity index is 1.83. The molecule has 0 atom stereocenters. The summed E-state index contributed by atoms with van der Waals surface area (Å²) < 4.78 is 2.60. The first-order valence-electron chi connectivity index (χ1n) is 9.97. The van der Waals surface area contributed by atoms with Gasteiger partial charge in [-0.2, -0.15) is 4.68 Å². The molecule has 0 aliphatic carbocycles. The third kappa shape index (κ3) is 3.93. The van der Waals surface area contributed by atoms with E-state index in [1.807, 2.05) is 61.5 Å². The van der Waals surface area contributed by atoms with E-state index in [4.69, 9.17) is 4.99 Å². The van der Waals surface area contributed by atoms with Gasteiger partial charge >= 0.3 is 0 Å². The minimum atomic E-state index is -0.111. The third-order valence-electron chi connectivity index (χ3n) is 4.90. The van der Waals surface area contributed by atoms with Crippen LogP contribution in [0.5, 0.6) is 0 Å². The molecule has 0 aliphatic rings. The number of nitrogens with zero attached hydrogens (tertiary/aromatic N) is 3. The number of hydrogen-bond donors (Lipinski definition) is 1. The van der Waals surface area contributed by atoms with Crippen LogP contribution in [-0.2, 0) is 0 Å². The minimum Gasteiger partial charge on any atom is -0.289 e. The van der Waals surface area contributed by atoms with Crippen molar-refractivity contribution >= 4 is 27.3 Å². The van der Waals surface area contributed by atoms with Crippen LogP contribution in [0, 0.1) is 0 Å². The number of benzene rings is 2. The van der Waals surface area contributed by atoms with Crippen LogP contribution in [0.4, 0.5) is 0 Å². The van der Waals surface area contributed by atoms with Crippen molar-refractivity contribution in [2.75, 3.05) is 6.54 Å². The summed E-state index contributed by atoms with van der Waals surface area (Å²) in [6.07, 6.45) is 3.33. The number of fused-ring (bicyclic) bond motifs is 1. The predicted molar refractivity (Wildman–Crippen MR) is 122 cm³/mol. The van der Waals surface area contributed by atoms with Crippen molar-refractivity contribution in [2.24, 2.45) is 4.99 Å². The highest BCUT2D eigenvalue weighted by molar-refractivity contribution is 7.20. The molecule has 5 nitrogen and oxygen atoms in total. The van der Waals surface area contributed by atoms with E-state index >= 15 is 0 Å². The van der Waals surface area contributed by atoms with Crippen LogP contribution in [0.15, 0.2) is 64.4 Å². The van der Waals surface area contributed by atoms with Gasteiger partial charge in [0, 0.05) is 17.8 Å². The Bertz CT molecular complexity index is 1170. The highest BCUT2D eigenvalue weighted by atomic mass is 32.1. The number of aromatic amines is 1. The maximum atomic E-state index is 13.4. The maximum absolute atomic E-state index is 13.4. The number of rotatable bonds is 7. The highest BCUT2D eigenvalue weighted by Crippen LogP contribution is 2.26. The van der Waals surface area contributed by atoms with Crippen LogP contribution >= 0.6 is 11.3 Å². The molecule has 0 unspecified atom stereocenters. The lowest BCUT2D eigenvalue weighted by atomic mass is 10.1. The number of aliphatic imine (C=N–C) groups is 1. The van der Waals surface area contributed by atoms with Crippen LogP contribution < -0.4 is 5.56 Å². The van der Waals surface area contributed by atoms with E-state index < -0.39 is 0 Å². The summed E-state index contributed by atoms with van der Waals surface area (Å²) in [6, 6.07) is 17.8. The summed E-state index contributed by atoms with van der Waals surface area (Å²) in [5.74, 6) is 0. The second-order valence-corrected chi connectivity index (χ2v) is 8.02. The Labute approximate surface area is 173 Å². The molecule has 0 aliphatic heterocycles. The second-order valence-electron chi connectivity index (χ2n) is 7.01. The highest BCUT2D eigenvalue weighted by Gasteiger charge is 2.20. The van der Waals surface area contributed by atoms with Gasteiger partial charge in [-0.1, -0.05) is 73.6 Å². The van der Waals surface area contributed by atoms with Gasteiger partial charge in [0.25, 0.3) is 5.56 Å². The predicted octanol–water partition coefficient (Wildman–Crippen LogP) is 5.44. The van der Waals surface area contributed by atoms with Crippen LogP contribution in [0.2, 0.25) is 0 Å². The Morgan fingerprint density at radius 2 is 1.86 bits per heavy atom. The average Bonchev–Trinajstić information content (AvgIpc) is 3.32. The van der Waals surface area contributed by atoms with E-state index in [9.17, 15) is 4.79 Å². The molecule has 6 heteroatoms. The zero-order chi connectivity index (χ0) is 20.2. The van der Waals surface area contributed by atoms with E-state index in [1.165, 1.54) is 11.3 Å². The normalized spacial score (nSPS) is 12.0. The smallest absolute Gasteiger partial charge is 0.283 e. The van der Waals surface area contributed by atoms with Gasteiger partial charge in [-0.15, -0.1) is 0 Å². The van der Waals surface area contributed by atoms with Crippen molar-refractivity contribution in [3.63, 3.8) is 0 Å². The SMILES string of the molecule is CCCCCN=C(C)c1c(-c2ccccc2)[nH]n(-c2nc3ccccc3s2)c1=O. The van der Waals surface area contributed by atoms with Gasteiger partial charge < -0.3 is 0 Å². The first-order valence-corrected chi connectivity index (χ1v) is 10.8. The number of para-hydroxylation sites is 1. The van der Waals surface area contributed by atoms with Gasteiger partial charge in [0.2, 0.25) is 5.13 Å². The standard InChI is InChI=1S/C23H24N4OS/c1-3-4-10-15-24-16(2)20-21(17-11-6-5-7-12-17)26-27(22(20)28)23-25-18-13-8-9-14-19(18)29-23/h5-9,11-14,26H,3-4,10,15H2,1-2H3. The lowest BCUT2D eigenvalue weighted by molar-refractivity contribution is 0.728.